The lowest BCUT2D eigenvalue weighted by atomic mass is 9.89. The molecule has 5 N–H and O–H groups in total. The Hall–Kier alpha value is -1.38. The number of nitrogen functional groups attached to an aromatic ring is 2. The van der Waals surface area contributed by atoms with Crippen molar-refractivity contribution in [2.24, 2.45) is 5.41 Å². The van der Waals surface area contributed by atoms with E-state index in [9.17, 15) is 0 Å². The quantitative estimate of drug-likeness (QED) is 0.685. The smallest absolute Gasteiger partial charge is 0.0568 e. The second-order valence-corrected chi connectivity index (χ2v) is 5.22. The van der Waals surface area contributed by atoms with Crippen molar-refractivity contribution in [1.82, 2.24) is 0 Å². The standard InChI is InChI=1S/C13H21N3/c1-13(6-2-3-7-13)9-16-10-4-5-11(14)12(15)8-10/h4-5,8,16H,2-3,6-7,9,14-15H2,1H3. The van der Waals surface area contributed by atoms with Crippen LogP contribution in [-0.2, 0) is 0 Å². The summed E-state index contributed by atoms with van der Waals surface area (Å²) in [6.07, 6.45) is 5.37. The fourth-order valence-electron chi connectivity index (χ4n) is 2.41. The van der Waals surface area contributed by atoms with Gasteiger partial charge in [-0.05, 0) is 36.5 Å². The van der Waals surface area contributed by atoms with Gasteiger partial charge in [0.2, 0.25) is 0 Å². The molecule has 0 amide bonds. The number of benzene rings is 1. The molecule has 0 spiro atoms. The topological polar surface area (TPSA) is 64.1 Å². The van der Waals surface area contributed by atoms with Crippen molar-refractivity contribution in [3.63, 3.8) is 0 Å². The van der Waals surface area contributed by atoms with Gasteiger partial charge in [0.1, 0.15) is 0 Å². The molecule has 0 atom stereocenters. The van der Waals surface area contributed by atoms with E-state index in [4.69, 9.17) is 11.5 Å². The Morgan fingerprint density at radius 2 is 1.88 bits per heavy atom. The molecular formula is C13H21N3. The van der Waals surface area contributed by atoms with E-state index in [1.54, 1.807) is 0 Å². The summed E-state index contributed by atoms with van der Waals surface area (Å²) in [5.74, 6) is 0. The molecule has 1 aliphatic rings. The van der Waals surface area contributed by atoms with Crippen LogP contribution in [0, 0.1) is 5.41 Å². The molecule has 2 rings (SSSR count). The molecule has 0 radical (unpaired) electrons. The molecule has 0 unspecified atom stereocenters. The zero-order valence-electron chi connectivity index (χ0n) is 9.92. The summed E-state index contributed by atoms with van der Waals surface area (Å²) in [4.78, 5) is 0. The number of hydrogen-bond acceptors (Lipinski definition) is 3. The number of rotatable bonds is 3. The lowest BCUT2D eigenvalue weighted by molar-refractivity contribution is 0.362. The molecule has 16 heavy (non-hydrogen) atoms. The fourth-order valence-corrected chi connectivity index (χ4v) is 2.41. The van der Waals surface area contributed by atoms with Gasteiger partial charge in [0, 0.05) is 12.2 Å². The lowest BCUT2D eigenvalue weighted by Crippen LogP contribution is -2.22. The number of anilines is 3. The van der Waals surface area contributed by atoms with E-state index in [0.717, 1.165) is 12.2 Å². The molecule has 0 bridgehead atoms. The average Bonchev–Trinajstić information content (AvgIpc) is 2.68. The molecular weight excluding hydrogens is 198 g/mol. The van der Waals surface area contributed by atoms with Gasteiger partial charge in [0.25, 0.3) is 0 Å². The van der Waals surface area contributed by atoms with Gasteiger partial charge in [-0.25, -0.2) is 0 Å². The predicted molar refractivity (Wildman–Crippen MR) is 70.3 cm³/mol. The third kappa shape index (κ3) is 2.40. The highest BCUT2D eigenvalue weighted by Gasteiger charge is 2.28. The molecule has 3 heteroatoms. The highest BCUT2D eigenvalue weighted by atomic mass is 14.9. The molecule has 0 saturated heterocycles. The van der Waals surface area contributed by atoms with Crippen LogP contribution >= 0.6 is 0 Å². The van der Waals surface area contributed by atoms with Crippen LogP contribution in [0.5, 0.6) is 0 Å². The van der Waals surface area contributed by atoms with Gasteiger partial charge in [0.15, 0.2) is 0 Å². The van der Waals surface area contributed by atoms with E-state index in [-0.39, 0.29) is 0 Å². The third-order valence-electron chi connectivity index (χ3n) is 3.62. The molecule has 0 aromatic heterocycles. The number of nitrogens with two attached hydrogens (primary N) is 2. The maximum atomic E-state index is 5.77. The van der Waals surface area contributed by atoms with Gasteiger partial charge < -0.3 is 16.8 Å². The van der Waals surface area contributed by atoms with Crippen LogP contribution in [0.3, 0.4) is 0 Å². The van der Waals surface area contributed by atoms with Crippen molar-refractivity contribution < 1.29 is 0 Å². The summed E-state index contributed by atoms with van der Waals surface area (Å²) in [6, 6.07) is 5.76. The van der Waals surface area contributed by atoms with Gasteiger partial charge in [-0.1, -0.05) is 19.8 Å². The Kier molecular flexibility index (Phi) is 2.95. The Balaban J connectivity index is 1.96. The second-order valence-electron chi connectivity index (χ2n) is 5.22. The van der Waals surface area contributed by atoms with Crippen molar-refractivity contribution in [1.29, 1.82) is 0 Å². The minimum absolute atomic E-state index is 0.455. The predicted octanol–water partition coefficient (Wildman–Crippen LogP) is 2.84. The van der Waals surface area contributed by atoms with Gasteiger partial charge in [-0.15, -0.1) is 0 Å². The zero-order valence-corrected chi connectivity index (χ0v) is 9.92. The molecule has 88 valence electrons. The molecule has 0 heterocycles. The fraction of sp³-hybridized carbons (Fsp3) is 0.538. The summed E-state index contributed by atoms with van der Waals surface area (Å²) in [6.45, 7) is 3.38. The molecule has 1 aliphatic carbocycles. The SMILES string of the molecule is CC1(CNc2ccc(N)c(N)c2)CCCC1. The van der Waals surface area contributed by atoms with Crippen LogP contribution in [-0.4, -0.2) is 6.54 Å². The summed E-state index contributed by atoms with van der Waals surface area (Å²) in [5.41, 5.74) is 14.3. The first kappa shape index (κ1) is 11.1. The van der Waals surface area contributed by atoms with E-state index in [1.165, 1.54) is 25.7 Å². The van der Waals surface area contributed by atoms with Crippen molar-refractivity contribution in [3.05, 3.63) is 18.2 Å². The van der Waals surface area contributed by atoms with E-state index in [0.29, 0.717) is 16.8 Å². The summed E-state index contributed by atoms with van der Waals surface area (Å²) in [5, 5.41) is 3.46. The lowest BCUT2D eigenvalue weighted by Gasteiger charge is -2.24. The molecule has 1 fully saturated rings. The van der Waals surface area contributed by atoms with E-state index < -0.39 is 0 Å². The first-order valence-corrected chi connectivity index (χ1v) is 5.98. The largest absolute Gasteiger partial charge is 0.397 e. The minimum atomic E-state index is 0.455. The van der Waals surface area contributed by atoms with Crippen molar-refractivity contribution in [2.75, 3.05) is 23.3 Å². The van der Waals surface area contributed by atoms with Crippen LogP contribution in [0.1, 0.15) is 32.6 Å². The monoisotopic (exact) mass is 219 g/mol. The molecule has 0 aliphatic heterocycles. The van der Waals surface area contributed by atoms with Crippen molar-refractivity contribution in [2.45, 2.75) is 32.6 Å². The van der Waals surface area contributed by atoms with Crippen LogP contribution in [0.4, 0.5) is 17.1 Å². The van der Waals surface area contributed by atoms with Crippen LogP contribution < -0.4 is 16.8 Å². The Bertz CT molecular complexity index is 367. The maximum Gasteiger partial charge on any atom is 0.0568 e. The Morgan fingerprint density at radius 1 is 1.19 bits per heavy atom. The molecule has 1 saturated carbocycles. The van der Waals surface area contributed by atoms with E-state index in [1.807, 2.05) is 18.2 Å². The highest BCUT2D eigenvalue weighted by molar-refractivity contribution is 5.69. The summed E-state index contributed by atoms with van der Waals surface area (Å²) >= 11 is 0. The molecule has 1 aromatic rings. The van der Waals surface area contributed by atoms with E-state index in [2.05, 4.69) is 12.2 Å². The number of hydrogen-bond donors (Lipinski definition) is 3. The van der Waals surface area contributed by atoms with Gasteiger partial charge in [-0.3, -0.25) is 0 Å². The molecule has 1 aromatic carbocycles. The third-order valence-corrected chi connectivity index (χ3v) is 3.62. The van der Waals surface area contributed by atoms with E-state index >= 15 is 0 Å². The Labute approximate surface area is 97.2 Å². The number of nitrogens with one attached hydrogen (secondary N) is 1. The van der Waals surface area contributed by atoms with Crippen molar-refractivity contribution >= 4 is 17.1 Å². The van der Waals surface area contributed by atoms with Crippen LogP contribution in [0.15, 0.2) is 18.2 Å². The second kappa shape index (κ2) is 4.24. The Morgan fingerprint density at radius 3 is 2.50 bits per heavy atom. The van der Waals surface area contributed by atoms with Gasteiger partial charge in [0.05, 0.1) is 11.4 Å². The van der Waals surface area contributed by atoms with Gasteiger partial charge >= 0.3 is 0 Å². The maximum absolute atomic E-state index is 5.77. The van der Waals surface area contributed by atoms with Crippen molar-refractivity contribution in [3.8, 4) is 0 Å². The first-order valence-electron chi connectivity index (χ1n) is 5.98. The highest BCUT2D eigenvalue weighted by Crippen LogP contribution is 2.37. The minimum Gasteiger partial charge on any atom is -0.397 e. The average molecular weight is 219 g/mol. The normalized spacial score (nSPS) is 18.6. The zero-order chi connectivity index (χ0) is 11.6. The van der Waals surface area contributed by atoms with Crippen LogP contribution in [0.2, 0.25) is 0 Å². The van der Waals surface area contributed by atoms with Crippen LogP contribution in [0.25, 0.3) is 0 Å². The summed E-state index contributed by atoms with van der Waals surface area (Å²) < 4.78 is 0. The molecule has 3 nitrogen and oxygen atoms in total. The summed E-state index contributed by atoms with van der Waals surface area (Å²) in [7, 11) is 0. The first-order chi connectivity index (χ1) is 7.59. The van der Waals surface area contributed by atoms with Gasteiger partial charge in [-0.2, -0.15) is 0 Å².